The predicted octanol–water partition coefficient (Wildman–Crippen LogP) is 1.86. The Morgan fingerprint density at radius 2 is 1.83 bits per heavy atom. The molecule has 10 heteroatoms. The lowest BCUT2D eigenvalue weighted by Crippen LogP contribution is -2.64. The van der Waals surface area contributed by atoms with Gasteiger partial charge in [0.25, 0.3) is 5.91 Å². The molecule has 1 aliphatic heterocycles. The second-order valence-corrected chi connectivity index (χ2v) is 10.0. The number of hydrogen-bond acceptors (Lipinski definition) is 6. The van der Waals surface area contributed by atoms with Gasteiger partial charge >= 0.3 is 5.97 Å². The van der Waals surface area contributed by atoms with Crippen LogP contribution in [-0.2, 0) is 19.1 Å². The molecule has 0 spiro atoms. The summed E-state index contributed by atoms with van der Waals surface area (Å²) in [5.41, 5.74) is 14.7. The number of nitrogens with one attached hydrogen (secondary N) is 1. The molecule has 0 bridgehead atoms. The summed E-state index contributed by atoms with van der Waals surface area (Å²) >= 11 is 0. The van der Waals surface area contributed by atoms with Crippen LogP contribution in [0.1, 0.15) is 46.5 Å². The monoisotopic (exact) mass is 496 g/mol. The highest BCUT2D eigenvalue weighted by Crippen LogP contribution is 2.35. The quantitative estimate of drug-likeness (QED) is 0.142. The lowest BCUT2D eigenvalue weighted by molar-refractivity contribution is -0.174. The standard InChI is InChI=1S/C26H36N6O4/c1-25(2,3)36-23(35)26(22(34)31-19-12-11-17-8-4-5-9-18(17)16-19)13-7-15-32(26)21(33)20(27)10-6-14-30-24(28)29/h4-5,8-9,11-12,16,20H,6-7,10,13-15,27H2,1-3H3,(H,31,34)(H4,28,29,30)/t20-,26-/m0/s1. The Morgan fingerprint density at radius 1 is 1.14 bits per heavy atom. The average molecular weight is 497 g/mol. The normalized spacial score (nSPS) is 18.5. The molecule has 2 amide bonds. The summed E-state index contributed by atoms with van der Waals surface area (Å²) < 4.78 is 5.66. The number of rotatable bonds is 8. The van der Waals surface area contributed by atoms with E-state index < -0.39 is 35.0 Å². The minimum absolute atomic E-state index is 0.0382. The Labute approximate surface area is 211 Å². The molecule has 2 aromatic rings. The molecular weight excluding hydrogens is 460 g/mol. The molecule has 1 fully saturated rings. The van der Waals surface area contributed by atoms with Crippen LogP contribution in [0.2, 0.25) is 0 Å². The van der Waals surface area contributed by atoms with Crippen molar-refractivity contribution in [3.8, 4) is 0 Å². The van der Waals surface area contributed by atoms with Gasteiger partial charge in [-0.15, -0.1) is 0 Å². The second-order valence-electron chi connectivity index (χ2n) is 10.0. The molecule has 194 valence electrons. The minimum atomic E-state index is -1.83. The molecule has 0 saturated carbocycles. The van der Waals surface area contributed by atoms with Crippen molar-refractivity contribution in [1.29, 1.82) is 0 Å². The highest BCUT2D eigenvalue weighted by atomic mass is 16.6. The molecule has 2 aromatic carbocycles. The first-order valence-electron chi connectivity index (χ1n) is 12.1. The zero-order chi connectivity index (χ0) is 26.5. The topological polar surface area (TPSA) is 166 Å². The summed E-state index contributed by atoms with van der Waals surface area (Å²) in [6.45, 7) is 5.69. The third-order valence-electron chi connectivity index (χ3n) is 6.05. The van der Waals surface area contributed by atoms with Crippen molar-refractivity contribution in [2.75, 3.05) is 18.4 Å². The molecular formula is C26H36N6O4. The zero-order valence-electron chi connectivity index (χ0n) is 21.1. The Balaban J connectivity index is 1.89. The number of carbonyl (C=O) groups is 3. The molecule has 3 rings (SSSR count). The first-order valence-corrected chi connectivity index (χ1v) is 12.1. The number of carbonyl (C=O) groups excluding carboxylic acids is 3. The minimum Gasteiger partial charge on any atom is -0.458 e. The Kier molecular flexibility index (Phi) is 8.19. The summed E-state index contributed by atoms with van der Waals surface area (Å²) in [6.07, 6.45) is 1.36. The summed E-state index contributed by atoms with van der Waals surface area (Å²) in [5.74, 6) is -1.92. The lowest BCUT2D eigenvalue weighted by Gasteiger charge is -2.38. The molecule has 1 heterocycles. The number of benzene rings is 2. The van der Waals surface area contributed by atoms with Crippen molar-refractivity contribution < 1.29 is 19.1 Å². The maximum absolute atomic E-state index is 13.8. The van der Waals surface area contributed by atoms with Gasteiger partial charge in [0.2, 0.25) is 11.4 Å². The molecule has 0 aliphatic carbocycles. The van der Waals surface area contributed by atoms with Crippen LogP contribution >= 0.6 is 0 Å². The van der Waals surface area contributed by atoms with Gasteiger partial charge in [-0.1, -0.05) is 30.3 Å². The number of anilines is 1. The van der Waals surface area contributed by atoms with E-state index in [1.807, 2.05) is 36.4 Å². The van der Waals surface area contributed by atoms with Crippen LogP contribution in [0.15, 0.2) is 47.5 Å². The lowest BCUT2D eigenvalue weighted by atomic mass is 9.93. The molecule has 0 aromatic heterocycles. The number of hydrogen-bond donors (Lipinski definition) is 4. The number of aliphatic imine (C=N–C) groups is 1. The van der Waals surface area contributed by atoms with Gasteiger partial charge in [-0.3, -0.25) is 14.6 Å². The van der Waals surface area contributed by atoms with Crippen LogP contribution in [-0.4, -0.2) is 58.9 Å². The smallest absolute Gasteiger partial charge is 0.342 e. The first-order chi connectivity index (χ1) is 16.9. The fourth-order valence-corrected chi connectivity index (χ4v) is 4.37. The first kappa shape index (κ1) is 26.9. The summed E-state index contributed by atoms with van der Waals surface area (Å²) in [6, 6.07) is 12.3. The fraction of sp³-hybridized carbons (Fsp3) is 0.462. The van der Waals surface area contributed by atoms with Crippen LogP contribution in [0.3, 0.4) is 0 Å². The number of amides is 2. The van der Waals surface area contributed by atoms with Gasteiger partial charge < -0.3 is 32.2 Å². The number of guanidine groups is 1. The third kappa shape index (κ3) is 6.12. The van der Waals surface area contributed by atoms with Crippen molar-refractivity contribution in [2.45, 2.75) is 63.6 Å². The van der Waals surface area contributed by atoms with Gasteiger partial charge in [-0.05, 0) is 69.4 Å². The number of esters is 1. The van der Waals surface area contributed by atoms with Crippen molar-refractivity contribution in [2.24, 2.45) is 22.2 Å². The highest BCUT2D eigenvalue weighted by molar-refractivity contribution is 6.16. The molecule has 1 aliphatic rings. The molecule has 0 unspecified atom stereocenters. The van der Waals surface area contributed by atoms with E-state index in [1.54, 1.807) is 26.8 Å². The van der Waals surface area contributed by atoms with Gasteiger partial charge in [0, 0.05) is 18.8 Å². The number of nitrogens with two attached hydrogens (primary N) is 3. The third-order valence-corrected chi connectivity index (χ3v) is 6.05. The molecule has 0 radical (unpaired) electrons. The fourth-order valence-electron chi connectivity index (χ4n) is 4.37. The second kappa shape index (κ2) is 10.9. The number of ether oxygens (including phenoxy) is 1. The van der Waals surface area contributed by atoms with E-state index in [9.17, 15) is 14.4 Å². The van der Waals surface area contributed by atoms with Crippen molar-refractivity contribution in [3.05, 3.63) is 42.5 Å². The maximum Gasteiger partial charge on any atom is 0.342 e. The SMILES string of the molecule is CC(C)(C)OC(=O)[C@@]1(C(=O)Nc2ccc3ccccc3c2)CCCN1C(=O)[C@@H](N)CCCN=C(N)N. The van der Waals surface area contributed by atoms with E-state index in [0.29, 0.717) is 31.5 Å². The number of nitrogens with zero attached hydrogens (tertiary/aromatic N) is 2. The summed E-state index contributed by atoms with van der Waals surface area (Å²) in [4.78, 5) is 45.9. The van der Waals surface area contributed by atoms with E-state index >= 15 is 0 Å². The van der Waals surface area contributed by atoms with Gasteiger partial charge in [0.15, 0.2) is 5.96 Å². The Hall–Kier alpha value is -3.66. The van der Waals surface area contributed by atoms with E-state index in [0.717, 1.165) is 10.8 Å². The molecule has 7 N–H and O–H groups in total. The van der Waals surface area contributed by atoms with Crippen LogP contribution in [0.4, 0.5) is 5.69 Å². The zero-order valence-corrected chi connectivity index (χ0v) is 21.1. The van der Waals surface area contributed by atoms with Crippen LogP contribution < -0.4 is 22.5 Å². The molecule has 1 saturated heterocycles. The van der Waals surface area contributed by atoms with E-state index in [4.69, 9.17) is 21.9 Å². The molecule has 10 nitrogen and oxygen atoms in total. The number of fused-ring (bicyclic) bond motifs is 1. The summed E-state index contributed by atoms with van der Waals surface area (Å²) in [7, 11) is 0. The Bertz CT molecular complexity index is 1150. The highest BCUT2D eigenvalue weighted by Gasteiger charge is 2.58. The van der Waals surface area contributed by atoms with Crippen molar-refractivity contribution in [1.82, 2.24) is 4.90 Å². The largest absolute Gasteiger partial charge is 0.458 e. The number of likely N-dealkylation sites (tertiary alicyclic amines) is 1. The van der Waals surface area contributed by atoms with Gasteiger partial charge in [0.05, 0.1) is 6.04 Å². The van der Waals surface area contributed by atoms with Gasteiger partial charge in [-0.2, -0.15) is 0 Å². The van der Waals surface area contributed by atoms with E-state index in [1.165, 1.54) is 4.90 Å². The van der Waals surface area contributed by atoms with Gasteiger partial charge in [-0.25, -0.2) is 4.79 Å². The Morgan fingerprint density at radius 3 is 2.50 bits per heavy atom. The van der Waals surface area contributed by atoms with Crippen LogP contribution in [0.25, 0.3) is 10.8 Å². The predicted molar refractivity (Wildman–Crippen MR) is 140 cm³/mol. The van der Waals surface area contributed by atoms with Crippen LogP contribution in [0, 0.1) is 0 Å². The van der Waals surface area contributed by atoms with E-state index in [2.05, 4.69) is 10.3 Å². The molecule has 2 atom stereocenters. The summed E-state index contributed by atoms with van der Waals surface area (Å²) in [5, 5.41) is 4.80. The molecule has 36 heavy (non-hydrogen) atoms. The van der Waals surface area contributed by atoms with Crippen LogP contribution in [0.5, 0.6) is 0 Å². The van der Waals surface area contributed by atoms with E-state index in [-0.39, 0.29) is 18.9 Å². The van der Waals surface area contributed by atoms with Crippen molar-refractivity contribution >= 4 is 40.2 Å². The average Bonchev–Trinajstić information content (AvgIpc) is 3.26. The van der Waals surface area contributed by atoms with Gasteiger partial charge in [0.1, 0.15) is 5.60 Å². The van der Waals surface area contributed by atoms with Crippen molar-refractivity contribution in [3.63, 3.8) is 0 Å². The maximum atomic E-state index is 13.8.